The lowest BCUT2D eigenvalue weighted by atomic mass is 9.59. The van der Waals surface area contributed by atoms with E-state index in [1.54, 1.807) is 6.33 Å². The fourth-order valence-electron chi connectivity index (χ4n) is 11.6. The minimum absolute atomic E-state index is 0.135. The molecule has 0 bridgehead atoms. The number of likely N-dealkylation sites (tertiary alicyclic amines) is 2. The van der Waals surface area contributed by atoms with Crippen LogP contribution in [0.2, 0.25) is 0 Å². The number of nitrogens with one attached hydrogen (secondary N) is 1. The van der Waals surface area contributed by atoms with Crippen molar-refractivity contribution in [3.63, 3.8) is 0 Å². The summed E-state index contributed by atoms with van der Waals surface area (Å²) in [6.07, 6.45) is 10.2. The van der Waals surface area contributed by atoms with Crippen LogP contribution in [0.3, 0.4) is 0 Å². The number of hydrogen-bond donors (Lipinski definition) is 2. The standard InChI is InChI=1S/C50H55N9O5/c51-47-43-44(32-6-11-38(12-7-32)64-37-4-2-1-3-5-37)55-59(48(43)53-30-52-47)34-16-20-57(21-17-34)36-25-50(26-36)18-22-56(23-19-50)27-31-28-58(29-31)35-10-14-39-41(24-35)46(62)40(45(39)61)13-8-33-9-15-42(60)54-49(33)63/h1-7,10-12,14,24,30-31,33-34,36,40H,8-9,13,15-23,25-29H2,(H2,51,52,53)(H,54,60,63). The lowest BCUT2D eigenvalue weighted by Crippen LogP contribution is -2.58. The fourth-order valence-corrected chi connectivity index (χ4v) is 11.6. The number of fused-ring (bicyclic) bond motifs is 2. The van der Waals surface area contributed by atoms with E-state index in [1.807, 2.05) is 72.8 Å². The lowest BCUT2D eigenvalue weighted by molar-refractivity contribution is -0.136. The van der Waals surface area contributed by atoms with Crippen LogP contribution in [-0.2, 0) is 9.59 Å². The molecule has 3 aromatic carbocycles. The molecule has 330 valence electrons. The van der Waals surface area contributed by atoms with Crippen LogP contribution in [0, 0.1) is 23.2 Å². The Hall–Kier alpha value is -5.99. The molecule has 14 heteroatoms. The van der Waals surface area contributed by atoms with Gasteiger partial charge >= 0.3 is 0 Å². The van der Waals surface area contributed by atoms with Gasteiger partial charge in [0.25, 0.3) is 0 Å². The normalized spacial score (nSPS) is 23.3. The van der Waals surface area contributed by atoms with Crippen molar-refractivity contribution in [1.29, 1.82) is 0 Å². The third-order valence-corrected chi connectivity index (χ3v) is 15.4. The number of hydrogen-bond acceptors (Lipinski definition) is 12. The van der Waals surface area contributed by atoms with Crippen molar-refractivity contribution < 1.29 is 23.9 Å². The summed E-state index contributed by atoms with van der Waals surface area (Å²) in [5, 5.41) is 8.34. The van der Waals surface area contributed by atoms with Gasteiger partial charge in [-0.15, -0.1) is 0 Å². The monoisotopic (exact) mass is 861 g/mol. The summed E-state index contributed by atoms with van der Waals surface area (Å²) in [5.41, 5.74) is 11.5. The van der Waals surface area contributed by atoms with Gasteiger partial charge < -0.3 is 25.2 Å². The first-order valence-corrected chi connectivity index (χ1v) is 23.3. The number of nitrogens with zero attached hydrogens (tertiary/aromatic N) is 7. The number of carbonyl (C=O) groups is 4. The zero-order valence-electron chi connectivity index (χ0n) is 36.2. The quantitative estimate of drug-likeness (QED) is 0.107. The Balaban J connectivity index is 0.634. The maximum Gasteiger partial charge on any atom is 0.229 e. The molecule has 1 saturated carbocycles. The molecule has 5 aromatic rings. The molecule has 2 aromatic heterocycles. The van der Waals surface area contributed by atoms with Crippen molar-refractivity contribution in [2.45, 2.75) is 76.3 Å². The predicted molar refractivity (Wildman–Crippen MR) is 242 cm³/mol. The number of nitrogen functional groups attached to an aromatic ring is 1. The van der Waals surface area contributed by atoms with Gasteiger partial charge in [0.2, 0.25) is 11.8 Å². The second-order valence-electron chi connectivity index (χ2n) is 19.3. The van der Waals surface area contributed by atoms with Crippen LogP contribution in [0.15, 0.2) is 79.1 Å². The van der Waals surface area contributed by atoms with Gasteiger partial charge in [0.05, 0.1) is 17.3 Å². The maximum absolute atomic E-state index is 13.4. The van der Waals surface area contributed by atoms with E-state index < -0.39 is 5.92 Å². The van der Waals surface area contributed by atoms with Crippen molar-refractivity contribution in [1.82, 2.24) is 34.9 Å². The number of rotatable bonds is 11. The minimum Gasteiger partial charge on any atom is -0.457 e. The summed E-state index contributed by atoms with van der Waals surface area (Å²) in [5.74, 6) is 0.681. The Kier molecular flexibility index (Phi) is 10.5. The number of imide groups is 1. The van der Waals surface area contributed by atoms with Crippen LogP contribution in [0.1, 0.15) is 91.0 Å². The van der Waals surface area contributed by atoms with Gasteiger partial charge in [0, 0.05) is 79.4 Å². The number of benzene rings is 3. The zero-order chi connectivity index (χ0) is 43.5. The molecule has 2 aliphatic carbocycles. The molecule has 2 amide bonds. The van der Waals surface area contributed by atoms with E-state index in [2.05, 4.69) is 29.7 Å². The molecule has 5 fully saturated rings. The average molecular weight is 862 g/mol. The van der Waals surface area contributed by atoms with Crippen molar-refractivity contribution >= 4 is 45.9 Å². The smallest absolute Gasteiger partial charge is 0.229 e. The van der Waals surface area contributed by atoms with E-state index in [4.69, 9.17) is 20.6 Å². The number of ketones is 2. The van der Waals surface area contributed by atoms with Crippen molar-refractivity contribution in [3.05, 3.63) is 90.3 Å². The van der Waals surface area contributed by atoms with Gasteiger partial charge in [-0.1, -0.05) is 18.2 Å². The van der Waals surface area contributed by atoms with Crippen LogP contribution < -0.4 is 20.7 Å². The number of carbonyl (C=O) groups excluding carboxylic acids is 4. The molecular formula is C50H55N9O5. The third-order valence-electron chi connectivity index (χ3n) is 15.4. The minimum atomic E-state index is -0.738. The molecule has 2 unspecified atom stereocenters. The van der Waals surface area contributed by atoms with E-state index in [9.17, 15) is 19.2 Å². The number of para-hydroxylation sites is 1. The molecule has 0 radical (unpaired) electrons. The van der Waals surface area contributed by atoms with E-state index in [0.29, 0.717) is 60.0 Å². The maximum atomic E-state index is 13.4. The Morgan fingerprint density at radius 3 is 2.27 bits per heavy atom. The highest BCUT2D eigenvalue weighted by Crippen LogP contribution is 2.52. The van der Waals surface area contributed by atoms with Gasteiger partial charge in [-0.05, 0) is 131 Å². The highest BCUT2D eigenvalue weighted by molar-refractivity contribution is 6.26. The topological polar surface area (TPSA) is 169 Å². The number of nitrogens with two attached hydrogens (primary N) is 1. The first kappa shape index (κ1) is 40.8. The summed E-state index contributed by atoms with van der Waals surface area (Å²) >= 11 is 0. The second-order valence-corrected chi connectivity index (χ2v) is 19.3. The summed E-state index contributed by atoms with van der Waals surface area (Å²) < 4.78 is 8.13. The number of Topliss-reactive ketones (excluding diaryl/α,β-unsaturated/α-hetero) is 2. The first-order chi connectivity index (χ1) is 31.2. The molecule has 64 heavy (non-hydrogen) atoms. The van der Waals surface area contributed by atoms with Crippen LogP contribution in [-0.4, -0.2) is 105 Å². The van der Waals surface area contributed by atoms with Gasteiger partial charge in [-0.25, -0.2) is 14.6 Å². The predicted octanol–water partition coefficient (Wildman–Crippen LogP) is 6.71. The van der Waals surface area contributed by atoms with Crippen molar-refractivity contribution in [2.75, 3.05) is 56.4 Å². The number of aromatic nitrogens is 4. The van der Waals surface area contributed by atoms with Crippen LogP contribution in [0.25, 0.3) is 22.3 Å². The van der Waals surface area contributed by atoms with Crippen LogP contribution >= 0.6 is 0 Å². The van der Waals surface area contributed by atoms with E-state index in [1.165, 1.54) is 25.7 Å². The van der Waals surface area contributed by atoms with Gasteiger partial charge in [0.1, 0.15) is 29.3 Å². The highest BCUT2D eigenvalue weighted by Gasteiger charge is 2.49. The largest absolute Gasteiger partial charge is 0.457 e. The summed E-state index contributed by atoms with van der Waals surface area (Å²) in [7, 11) is 0. The third kappa shape index (κ3) is 7.63. The van der Waals surface area contributed by atoms with Crippen LogP contribution in [0.4, 0.5) is 11.5 Å². The second kappa shape index (κ2) is 16.5. The molecule has 1 spiro atoms. The van der Waals surface area contributed by atoms with E-state index >= 15 is 0 Å². The Labute approximate surface area is 372 Å². The van der Waals surface area contributed by atoms with Gasteiger partial charge in [0.15, 0.2) is 17.2 Å². The first-order valence-electron chi connectivity index (χ1n) is 23.3. The van der Waals surface area contributed by atoms with Gasteiger partial charge in [-0.3, -0.25) is 24.5 Å². The zero-order valence-corrected chi connectivity index (χ0v) is 36.2. The Morgan fingerprint density at radius 2 is 1.52 bits per heavy atom. The summed E-state index contributed by atoms with van der Waals surface area (Å²) in [6, 6.07) is 24.3. The molecule has 6 aliphatic rings. The van der Waals surface area contributed by atoms with Crippen LogP contribution in [0.5, 0.6) is 11.5 Å². The molecule has 3 N–H and O–H groups in total. The lowest BCUT2D eigenvalue weighted by Gasteiger charge is -2.56. The Morgan fingerprint density at radius 1 is 0.781 bits per heavy atom. The molecule has 6 heterocycles. The number of anilines is 2. The fraction of sp³-hybridized carbons (Fsp3) is 0.460. The van der Waals surface area contributed by atoms with Crippen molar-refractivity contribution in [3.8, 4) is 22.8 Å². The van der Waals surface area contributed by atoms with Gasteiger partial charge in [-0.2, -0.15) is 5.10 Å². The molecule has 14 nitrogen and oxygen atoms in total. The van der Waals surface area contributed by atoms with E-state index in [-0.39, 0.29) is 35.3 Å². The number of piperidine rings is 3. The number of amides is 2. The number of ether oxygens (including phenoxy) is 1. The molecule has 4 aliphatic heterocycles. The average Bonchev–Trinajstić information content (AvgIpc) is 3.79. The highest BCUT2D eigenvalue weighted by atomic mass is 16.5. The SMILES string of the molecule is Nc1ncnc2c1c(-c1ccc(Oc3ccccc3)cc1)nn2C1CCN(C2CC3(CCN(CC4CN(c5ccc6c(c5)C(=O)C(CCC5CCC(=O)NC5=O)C6=O)C4)CC3)C2)CC1. The molecule has 11 rings (SSSR count). The van der Waals surface area contributed by atoms with Crippen molar-refractivity contribution in [2.24, 2.45) is 23.2 Å². The summed E-state index contributed by atoms with van der Waals surface area (Å²) in [4.78, 5) is 67.1. The molecule has 2 atom stereocenters. The molecular weight excluding hydrogens is 807 g/mol. The summed E-state index contributed by atoms with van der Waals surface area (Å²) in [6.45, 7) is 7.42. The molecule has 4 saturated heterocycles. The Bertz CT molecular complexity index is 2600. The van der Waals surface area contributed by atoms with E-state index in [0.717, 1.165) is 98.1 Å².